The lowest BCUT2D eigenvalue weighted by Gasteiger charge is -2.06. The molecular weight excluding hydrogens is 498 g/mol. The Labute approximate surface area is 215 Å². The van der Waals surface area contributed by atoms with Gasteiger partial charge in [0.05, 0.1) is 10.6 Å². The summed E-state index contributed by atoms with van der Waals surface area (Å²) >= 11 is 0. The maximum Gasteiger partial charge on any atom is 0.371 e. The molecule has 0 bridgehead atoms. The smallest absolute Gasteiger partial charge is 0.371 e. The SMILES string of the molecule is C/C(=N\NC(=O)c1ccn(Cn2nc(C)c([N+](=O)[O-])c2C)n1)c1ccc(OCc2ccc(C(=O)O)o2)cc1. The second kappa shape index (κ2) is 10.8. The Morgan fingerprint density at radius 2 is 1.89 bits per heavy atom. The quantitative estimate of drug-likeness (QED) is 0.180. The molecular formula is C24H23N7O7. The summed E-state index contributed by atoms with van der Waals surface area (Å²) in [5.41, 5.74) is 4.49. The fourth-order valence-corrected chi connectivity index (χ4v) is 3.56. The highest BCUT2D eigenvalue weighted by Gasteiger charge is 2.22. The van der Waals surface area contributed by atoms with E-state index in [4.69, 9.17) is 14.3 Å². The molecule has 38 heavy (non-hydrogen) atoms. The number of carboxylic acids is 1. The molecule has 0 fully saturated rings. The molecule has 4 aromatic rings. The summed E-state index contributed by atoms with van der Waals surface area (Å²) in [7, 11) is 0. The predicted molar refractivity (Wildman–Crippen MR) is 132 cm³/mol. The van der Waals surface area contributed by atoms with Crippen molar-refractivity contribution in [3.63, 3.8) is 0 Å². The first-order valence-corrected chi connectivity index (χ1v) is 11.2. The first kappa shape index (κ1) is 25.8. The van der Waals surface area contributed by atoms with E-state index in [1.165, 1.54) is 27.6 Å². The molecule has 4 rings (SSSR count). The number of nitro groups is 1. The van der Waals surface area contributed by atoms with Crippen LogP contribution in [0.15, 0.2) is 58.2 Å². The number of carbonyl (C=O) groups excluding carboxylic acids is 1. The van der Waals surface area contributed by atoms with Crippen molar-refractivity contribution >= 4 is 23.3 Å². The number of aromatic carboxylic acids is 1. The Morgan fingerprint density at radius 1 is 1.16 bits per heavy atom. The number of aryl methyl sites for hydroxylation is 1. The molecule has 0 atom stereocenters. The van der Waals surface area contributed by atoms with E-state index in [0.29, 0.717) is 28.6 Å². The van der Waals surface area contributed by atoms with Crippen LogP contribution in [-0.4, -0.2) is 47.2 Å². The average Bonchev–Trinajstić information content (AvgIpc) is 3.61. The maximum atomic E-state index is 12.5. The number of nitrogens with zero attached hydrogens (tertiary/aromatic N) is 6. The highest BCUT2D eigenvalue weighted by atomic mass is 16.6. The van der Waals surface area contributed by atoms with E-state index in [1.807, 2.05) is 0 Å². The first-order valence-electron chi connectivity index (χ1n) is 11.2. The Balaban J connectivity index is 1.33. The number of hydrazone groups is 1. The molecule has 3 heterocycles. The van der Waals surface area contributed by atoms with Gasteiger partial charge in [-0.3, -0.25) is 19.6 Å². The summed E-state index contributed by atoms with van der Waals surface area (Å²) < 4.78 is 13.6. The highest BCUT2D eigenvalue weighted by molar-refractivity contribution is 6.00. The molecule has 0 aliphatic carbocycles. The van der Waals surface area contributed by atoms with Crippen LogP contribution in [0.2, 0.25) is 0 Å². The van der Waals surface area contributed by atoms with Crippen LogP contribution in [0.5, 0.6) is 5.75 Å². The first-order chi connectivity index (χ1) is 18.1. The van der Waals surface area contributed by atoms with Crippen LogP contribution < -0.4 is 10.2 Å². The van der Waals surface area contributed by atoms with E-state index in [1.54, 1.807) is 51.2 Å². The monoisotopic (exact) mass is 521 g/mol. The molecule has 0 radical (unpaired) electrons. The number of carboxylic acid groups (broad SMARTS) is 1. The van der Waals surface area contributed by atoms with E-state index >= 15 is 0 Å². The molecule has 0 spiro atoms. The third-order valence-electron chi connectivity index (χ3n) is 5.53. The lowest BCUT2D eigenvalue weighted by atomic mass is 10.1. The van der Waals surface area contributed by atoms with Gasteiger partial charge in [0, 0.05) is 6.20 Å². The minimum absolute atomic E-state index is 0.0496. The van der Waals surface area contributed by atoms with E-state index in [2.05, 4.69) is 20.7 Å². The standard InChI is InChI=1S/C24H23N7O7/c1-14(17-4-6-18(7-5-17)37-12-19-8-9-21(38-19)24(33)34)25-26-23(32)20-10-11-29(28-20)13-30-16(3)22(31(35)36)15(2)27-30/h4-11H,12-13H2,1-3H3,(H,26,32)(H,33,34)/b25-14+. The zero-order chi connectivity index (χ0) is 27.4. The number of rotatable bonds is 10. The van der Waals surface area contributed by atoms with Gasteiger partial charge in [0.25, 0.3) is 5.91 Å². The van der Waals surface area contributed by atoms with Crippen LogP contribution in [0.1, 0.15) is 50.7 Å². The minimum atomic E-state index is -1.15. The van der Waals surface area contributed by atoms with Crippen LogP contribution in [0, 0.1) is 24.0 Å². The number of nitrogens with one attached hydrogen (secondary N) is 1. The summed E-state index contributed by atoms with van der Waals surface area (Å²) in [6.07, 6.45) is 1.57. The van der Waals surface area contributed by atoms with Crippen molar-refractivity contribution in [2.75, 3.05) is 0 Å². The summed E-state index contributed by atoms with van der Waals surface area (Å²) in [6.45, 7) is 5.05. The van der Waals surface area contributed by atoms with Crippen LogP contribution in [0.4, 0.5) is 5.69 Å². The number of carbonyl (C=O) groups is 2. The fourth-order valence-electron chi connectivity index (χ4n) is 3.56. The Bertz CT molecular complexity index is 1530. The molecule has 14 nitrogen and oxygen atoms in total. The van der Waals surface area contributed by atoms with Gasteiger partial charge in [0.2, 0.25) is 5.76 Å². The van der Waals surface area contributed by atoms with E-state index < -0.39 is 16.8 Å². The van der Waals surface area contributed by atoms with Crippen molar-refractivity contribution in [1.82, 2.24) is 25.0 Å². The average molecular weight is 521 g/mol. The van der Waals surface area contributed by atoms with Crippen molar-refractivity contribution < 1.29 is 28.8 Å². The molecule has 1 amide bonds. The summed E-state index contributed by atoms with van der Waals surface area (Å²) in [4.78, 5) is 34.1. The molecule has 2 N–H and O–H groups in total. The molecule has 14 heteroatoms. The van der Waals surface area contributed by atoms with Gasteiger partial charge in [-0.2, -0.15) is 15.3 Å². The molecule has 0 saturated heterocycles. The van der Waals surface area contributed by atoms with E-state index in [0.717, 1.165) is 5.56 Å². The molecule has 0 aliphatic rings. The van der Waals surface area contributed by atoms with Crippen LogP contribution in [0.25, 0.3) is 0 Å². The van der Waals surface area contributed by atoms with Crippen LogP contribution >= 0.6 is 0 Å². The van der Waals surface area contributed by atoms with Crippen molar-refractivity contribution in [1.29, 1.82) is 0 Å². The Hall–Kier alpha value is -5.27. The van der Waals surface area contributed by atoms with Gasteiger partial charge >= 0.3 is 11.7 Å². The maximum absolute atomic E-state index is 12.5. The third-order valence-corrected chi connectivity index (χ3v) is 5.53. The summed E-state index contributed by atoms with van der Waals surface area (Å²) in [5, 5.41) is 32.6. The van der Waals surface area contributed by atoms with Gasteiger partial charge in [-0.05, 0) is 68.8 Å². The summed E-state index contributed by atoms with van der Waals surface area (Å²) in [5.74, 6) is -0.915. The number of amides is 1. The highest BCUT2D eigenvalue weighted by Crippen LogP contribution is 2.21. The van der Waals surface area contributed by atoms with Gasteiger partial charge in [-0.1, -0.05) is 0 Å². The predicted octanol–water partition coefficient (Wildman–Crippen LogP) is 3.13. The lowest BCUT2D eigenvalue weighted by Crippen LogP contribution is -2.20. The number of hydrogen-bond donors (Lipinski definition) is 2. The van der Waals surface area contributed by atoms with Crippen molar-refractivity contribution in [3.8, 4) is 5.75 Å². The van der Waals surface area contributed by atoms with Crippen LogP contribution in [-0.2, 0) is 13.3 Å². The molecule has 3 aromatic heterocycles. The van der Waals surface area contributed by atoms with E-state index in [-0.39, 0.29) is 30.4 Å². The topological polar surface area (TPSA) is 180 Å². The van der Waals surface area contributed by atoms with Gasteiger partial charge in [-0.25, -0.2) is 14.9 Å². The number of ether oxygens (including phenoxy) is 1. The third kappa shape index (κ3) is 5.75. The number of benzene rings is 1. The number of hydrogen-bond acceptors (Lipinski definition) is 9. The second-order valence-corrected chi connectivity index (χ2v) is 8.18. The fraction of sp³-hybridized carbons (Fsp3) is 0.208. The largest absolute Gasteiger partial charge is 0.486 e. The van der Waals surface area contributed by atoms with E-state index in [9.17, 15) is 19.7 Å². The van der Waals surface area contributed by atoms with Crippen LogP contribution in [0.3, 0.4) is 0 Å². The zero-order valence-electron chi connectivity index (χ0n) is 20.6. The van der Waals surface area contributed by atoms with Crippen molar-refractivity contribution in [3.05, 3.63) is 92.9 Å². The minimum Gasteiger partial charge on any atom is -0.486 e. The molecule has 1 aromatic carbocycles. The number of furan rings is 1. The Morgan fingerprint density at radius 3 is 2.53 bits per heavy atom. The lowest BCUT2D eigenvalue weighted by molar-refractivity contribution is -0.386. The Kier molecular flexibility index (Phi) is 7.32. The number of aromatic nitrogens is 4. The molecule has 0 aliphatic heterocycles. The van der Waals surface area contributed by atoms with Gasteiger partial charge in [0.1, 0.15) is 36.2 Å². The van der Waals surface area contributed by atoms with Crippen molar-refractivity contribution in [2.45, 2.75) is 34.0 Å². The van der Waals surface area contributed by atoms with Crippen molar-refractivity contribution in [2.24, 2.45) is 5.10 Å². The molecule has 0 unspecified atom stereocenters. The van der Waals surface area contributed by atoms with Gasteiger partial charge in [0.15, 0.2) is 5.69 Å². The molecule has 196 valence electrons. The molecule has 0 saturated carbocycles. The zero-order valence-corrected chi connectivity index (χ0v) is 20.6. The summed E-state index contributed by atoms with van der Waals surface area (Å²) in [6, 6.07) is 11.3. The van der Waals surface area contributed by atoms with Gasteiger partial charge < -0.3 is 14.3 Å². The van der Waals surface area contributed by atoms with Gasteiger partial charge in [-0.15, -0.1) is 0 Å². The normalized spacial score (nSPS) is 11.4. The second-order valence-electron chi connectivity index (χ2n) is 8.18.